The van der Waals surface area contributed by atoms with Gasteiger partial charge in [0.2, 0.25) is 5.91 Å². The second-order valence-electron chi connectivity index (χ2n) is 6.35. The van der Waals surface area contributed by atoms with E-state index in [-0.39, 0.29) is 11.9 Å². The van der Waals surface area contributed by atoms with Crippen molar-refractivity contribution in [1.82, 2.24) is 34.8 Å². The molecule has 1 aliphatic rings. The molecule has 4 heterocycles. The number of aryl methyl sites for hydroxylation is 1. The standard InChI is InChI=1S/C16H20N8OS/c1-10-5-14(24-15(21-10)19-9-20-24)13-8-23(4-3-17-13)7-12-6-18-16(26-12)22-11(2)25/h5-6,9,13,17H,3-4,7-8H2,1-2H3,(H,18,22,25). The third kappa shape index (κ3) is 3.57. The van der Waals surface area contributed by atoms with Crippen LogP contribution in [0.15, 0.2) is 18.6 Å². The number of hydrogen-bond donors (Lipinski definition) is 2. The fraction of sp³-hybridized carbons (Fsp3) is 0.438. The quantitative estimate of drug-likeness (QED) is 0.704. The SMILES string of the molecule is CC(=O)Nc1ncc(CN2CCNC(c3cc(C)nc4ncnn34)C2)s1. The number of thiazole rings is 1. The number of carbonyl (C=O) groups is 1. The zero-order valence-electron chi connectivity index (χ0n) is 14.6. The molecule has 3 aromatic heterocycles. The highest BCUT2D eigenvalue weighted by Gasteiger charge is 2.24. The van der Waals surface area contributed by atoms with Gasteiger partial charge in [0.25, 0.3) is 5.78 Å². The molecular formula is C16H20N8OS. The van der Waals surface area contributed by atoms with E-state index < -0.39 is 0 Å². The molecular weight excluding hydrogens is 352 g/mol. The minimum absolute atomic E-state index is 0.0990. The van der Waals surface area contributed by atoms with Crippen LogP contribution >= 0.6 is 11.3 Å². The van der Waals surface area contributed by atoms with Crippen molar-refractivity contribution in [2.45, 2.75) is 26.4 Å². The molecule has 1 amide bonds. The van der Waals surface area contributed by atoms with E-state index in [1.807, 2.05) is 13.1 Å². The van der Waals surface area contributed by atoms with Crippen molar-refractivity contribution < 1.29 is 4.79 Å². The number of nitrogens with one attached hydrogen (secondary N) is 2. The molecule has 9 nitrogen and oxygen atoms in total. The van der Waals surface area contributed by atoms with Crippen molar-refractivity contribution in [2.75, 3.05) is 25.0 Å². The highest BCUT2D eigenvalue weighted by molar-refractivity contribution is 7.15. The summed E-state index contributed by atoms with van der Waals surface area (Å²) in [6.07, 6.45) is 3.37. The van der Waals surface area contributed by atoms with Gasteiger partial charge in [-0.3, -0.25) is 9.69 Å². The predicted octanol–water partition coefficient (Wildman–Crippen LogP) is 0.994. The molecule has 1 fully saturated rings. The van der Waals surface area contributed by atoms with E-state index >= 15 is 0 Å². The van der Waals surface area contributed by atoms with Gasteiger partial charge in [0.05, 0.1) is 11.7 Å². The van der Waals surface area contributed by atoms with Gasteiger partial charge in [0.15, 0.2) is 5.13 Å². The van der Waals surface area contributed by atoms with E-state index in [1.165, 1.54) is 24.6 Å². The first-order valence-corrected chi connectivity index (χ1v) is 9.25. The lowest BCUT2D eigenvalue weighted by molar-refractivity contribution is -0.114. The van der Waals surface area contributed by atoms with Crippen LogP contribution < -0.4 is 10.6 Å². The second-order valence-corrected chi connectivity index (χ2v) is 7.46. The molecule has 0 radical (unpaired) electrons. The topological polar surface area (TPSA) is 100 Å². The summed E-state index contributed by atoms with van der Waals surface area (Å²) in [5.74, 6) is 0.527. The summed E-state index contributed by atoms with van der Waals surface area (Å²) in [4.78, 5) is 27.5. The van der Waals surface area contributed by atoms with E-state index in [0.29, 0.717) is 10.9 Å². The largest absolute Gasteiger partial charge is 0.306 e. The number of amides is 1. The minimum atomic E-state index is -0.0990. The van der Waals surface area contributed by atoms with Crippen LogP contribution in [0.4, 0.5) is 5.13 Å². The van der Waals surface area contributed by atoms with E-state index in [0.717, 1.165) is 42.4 Å². The van der Waals surface area contributed by atoms with Gasteiger partial charge in [0, 0.05) is 49.9 Å². The average molecular weight is 372 g/mol. The number of carbonyl (C=O) groups excluding carboxylic acids is 1. The van der Waals surface area contributed by atoms with Crippen molar-refractivity contribution >= 4 is 28.2 Å². The molecule has 136 valence electrons. The number of nitrogens with zero attached hydrogens (tertiary/aromatic N) is 6. The Kier molecular flexibility index (Phi) is 4.62. The van der Waals surface area contributed by atoms with Gasteiger partial charge in [-0.15, -0.1) is 11.3 Å². The fourth-order valence-corrected chi connectivity index (χ4v) is 4.07. The fourth-order valence-electron chi connectivity index (χ4n) is 3.17. The number of aromatic nitrogens is 5. The Bertz CT molecular complexity index is 935. The molecule has 4 rings (SSSR count). The van der Waals surface area contributed by atoms with Crippen LogP contribution in [0, 0.1) is 6.92 Å². The van der Waals surface area contributed by atoms with Gasteiger partial charge in [-0.2, -0.15) is 14.6 Å². The highest BCUT2D eigenvalue weighted by atomic mass is 32.1. The Morgan fingerprint density at radius 3 is 3.19 bits per heavy atom. The van der Waals surface area contributed by atoms with Crippen molar-refractivity contribution in [3.05, 3.63) is 34.9 Å². The van der Waals surface area contributed by atoms with Gasteiger partial charge in [-0.05, 0) is 13.0 Å². The minimum Gasteiger partial charge on any atom is -0.306 e. The third-order valence-electron chi connectivity index (χ3n) is 4.24. The normalized spacial score (nSPS) is 18.3. The summed E-state index contributed by atoms with van der Waals surface area (Å²) in [5, 5.41) is 11.3. The van der Waals surface area contributed by atoms with E-state index in [9.17, 15) is 4.79 Å². The number of hydrogen-bond acceptors (Lipinski definition) is 8. The van der Waals surface area contributed by atoms with E-state index in [2.05, 4.69) is 41.7 Å². The Balaban J connectivity index is 1.49. The van der Waals surface area contributed by atoms with Crippen LogP contribution in [0.2, 0.25) is 0 Å². The first-order chi connectivity index (χ1) is 12.6. The molecule has 1 unspecified atom stereocenters. The summed E-state index contributed by atoms with van der Waals surface area (Å²) in [6.45, 7) is 6.96. The van der Waals surface area contributed by atoms with Gasteiger partial charge < -0.3 is 10.6 Å². The summed E-state index contributed by atoms with van der Waals surface area (Å²) in [6, 6.07) is 2.21. The maximum atomic E-state index is 11.1. The lowest BCUT2D eigenvalue weighted by atomic mass is 10.1. The van der Waals surface area contributed by atoms with Gasteiger partial charge in [-0.1, -0.05) is 0 Å². The van der Waals surface area contributed by atoms with Crippen molar-refractivity contribution in [3.8, 4) is 0 Å². The lowest BCUT2D eigenvalue weighted by Gasteiger charge is -2.33. The molecule has 1 aliphatic heterocycles. The van der Waals surface area contributed by atoms with Gasteiger partial charge >= 0.3 is 0 Å². The summed E-state index contributed by atoms with van der Waals surface area (Å²) in [5.41, 5.74) is 2.00. The molecule has 0 aliphatic carbocycles. The molecule has 1 atom stereocenters. The summed E-state index contributed by atoms with van der Waals surface area (Å²) < 4.78 is 1.80. The lowest BCUT2D eigenvalue weighted by Crippen LogP contribution is -2.45. The predicted molar refractivity (Wildman–Crippen MR) is 98.0 cm³/mol. The second kappa shape index (κ2) is 7.06. The Labute approximate surface area is 154 Å². The van der Waals surface area contributed by atoms with Crippen molar-refractivity contribution in [1.29, 1.82) is 0 Å². The first kappa shape index (κ1) is 17.0. The van der Waals surface area contributed by atoms with Crippen LogP contribution in [0.5, 0.6) is 0 Å². The molecule has 0 bridgehead atoms. The first-order valence-electron chi connectivity index (χ1n) is 8.44. The number of anilines is 1. The Hall–Kier alpha value is -2.43. The molecule has 10 heteroatoms. The highest BCUT2D eigenvalue weighted by Crippen LogP contribution is 2.23. The van der Waals surface area contributed by atoms with Crippen molar-refractivity contribution in [2.24, 2.45) is 0 Å². The maximum Gasteiger partial charge on any atom is 0.252 e. The number of piperazine rings is 1. The van der Waals surface area contributed by atoms with E-state index in [4.69, 9.17) is 0 Å². The zero-order chi connectivity index (χ0) is 18.1. The zero-order valence-corrected chi connectivity index (χ0v) is 15.5. The van der Waals surface area contributed by atoms with Crippen LogP contribution in [-0.4, -0.2) is 55.0 Å². The maximum absolute atomic E-state index is 11.1. The molecule has 0 saturated carbocycles. The molecule has 2 N–H and O–H groups in total. The van der Waals surface area contributed by atoms with Crippen LogP contribution in [-0.2, 0) is 11.3 Å². The molecule has 26 heavy (non-hydrogen) atoms. The monoisotopic (exact) mass is 372 g/mol. The molecule has 0 spiro atoms. The van der Waals surface area contributed by atoms with E-state index in [1.54, 1.807) is 4.52 Å². The smallest absolute Gasteiger partial charge is 0.252 e. The van der Waals surface area contributed by atoms with Crippen LogP contribution in [0.25, 0.3) is 5.78 Å². The van der Waals surface area contributed by atoms with Crippen LogP contribution in [0.3, 0.4) is 0 Å². The van der Waals surface area contributed by atoms with Crippen molar-refractivity contribution in [3.63, 3.8) is 0 Å². The van der Waals surface area contributed by atoms with Gasteiger partial charge in [-0.25, -0.2) is 9.97 Å². The molecule has 1 saturated heterocycles. The number of fused-ring (bicyclic) bond motifs is 1. The summed E-state index contributed by atoms with van der Waals surface area (Å²) in [7, 11) is 0. The Morgan fingerprint density at radius 2 is 2.35 bits per heavy atom. The molecule has 3 aromatic rings. The molecule has 0 aromatic carbocycles. The van der Waals surface area contributed by atoms with Crippen LogP contribution in [0.1, 0.15) is 29.2 Å². The summed E-state index contributed by atoms with van der Waals surface area (Å²) >= 11 is 1.52. The number of rotatable bonds is 4. The third-order valence-corrected chi connectivity index (χ3v) is 5.14. The Morgan fingerprint density at radius 1 is 1.46 bits per heavy atom. The van der Waals surface area contributed by atoms with Gasteiger partial charge in [0.1, 0.15) is 6.33 Å². The average Bonchev–Trinajstić information content (AvgIpc) is 3.23.